The molecule has 0 unspecified atom stereocenters. The van der Waals surface area contributed by atoms with Crippen molar-refractivity contribution in [1.82, 2.24) is 10.6 Å². The minimum atomic E-state index is 0. The molecule has 1 fully saturated rings. The van der Waals surface area contributed by atoms with Crippen LogP contribution in [0.4, 0.5) is 0 Å². The summed E-state index contributed by atoms with van der Waals surface area (Å²) in [6, 6.07) is 10.1. The zero-order chi connectivity index (χ0) is 16.8. The van der Waals surface area contributed by atoms with Crippen molar-refractivity contribution in [2.45, 2.75) is 32.9 Å². The minimum absolute atomic E-state index is 0. The molecular formula is C19H26IN3O2. The molecule has 1 aromatic carbocycles. The molecule has 0 bridgehead atoms. The largest absolute Gasteiger partial charge is 0.493 e. The molecule has 1 saturated carbocycles. The van der Waals surface area contributed by atoms with Crippen LogP contribution in [0.1, 0.15) is 29.7 Å². The van der Waals surface area contributed by atoms with Gasteiger partial charge in [0.05, 0.1) is 19.4 Å². The molecule has 6 heteroatoms. The number of hydrogen-bond donors (Lipinski definition) is 2. The Balaban J connectivity index is 0.00000225. The van der Waals surface area contributed by atoms with E-state index in [1.165, 1.54) is 18.4 Å². The van der Waals surface area contributed by atoms with Crippen LogP contribution in [0.25, 0.3) is 0 Å². The second-order valence-corrected chi connectivity index (χ2v) is 6.22. The summed E-state index contributed by atoms with van der Waals surface area (Å²) in [5, 5.41) is 6.57. The van der Waals surface area contributed by atoms with Crippen LogP contribution < -0.4 is 15.4 Å². The van der Waals surface area contributed by atoms with Gasteiger partial charge in [-0.1, -0.05) is 12.1 Å². The molecule has 136 valence electrons. The van der Waals surface area contributed by atoms with Gasteiger partial charge in [-0.25, -0.2) is 0 Å². The fraction of sp³-hybridized carbons (Fsp3) is 0.421. The summed E-state index contributed by atoms with van der Waals surface area (Å²) in [5.74, 6) is 3.33. The molecule has 3 rings (SSSR count). The lowest BCUT2D eigenvalue weighted by molar-refractivity contribution is 0.296. The van der Waals surface area contributed by atoms with E-state index in [1.807, 2.05) is 12.1 Å². The van der Waals surface area contributed by atoms with Crippen LogP contribution in [0.5, 0.6) is 5.75 Å². The molecule has 1 aliphatic carbocycles. The first-order valence-corrected chi connectivity index (χ1v) is 8.44. The molecule has 2 aromatic rings. The topological polar surface area (TPSA) is 58.8 Å². The molecule has 0 aliphatic heterocycles. The molecule has 2 N–H and O–H groups in total. The summed E-state index contributed by atoms with van der Waals surface area (Å²) in [4.78, 5) is 4.25. The number of aryl methyl sites for hydroxylation is 1. The van der Waals surface area contributed by atoms with Gasteiger partial charge >= 0.3 is 0 Å². The fourth-order valence-electron chi connectivity index (χ4n) is 2.42. The summed E-state index contributed by atoms with van der Waals surface area (Å²) < 4.78 is 11.3. The molecule has 5 nitrogen and oxygen atoms in total. The lowest BCUT2D eigenvalue weighted by Crippen LogP contribution is -2.36. The first-order valence-electron chi connectivity index (χ1n) is 8.44. The second-order valence-electron chi connectivity index (χ2n) is 6.22. The second kappa shape index (κ2) is 9.70. The van der Waals surface area contributed by atoms with E-state index < -0.39 is 0 Å². The van der Waals surface area contributed by atoms with E-state index in [2.05, 4.69) is 40.7 Å². The van der Waals surface area contributed by atoms with E-state index in [4.69, 9.17) is 9.15 Å². The Kier molecular flexibility index (Phi) is 7.61. The number of furan rings is 1. The third kappa shape index (κ3) is 6.26. The van der Waals surface area contributed by atoms with E-state index in [0.29, 0.717) is 13.1 Å². The van der Waals surface area contributed by atoms with E-state index in [1.54, 1.807) is 13.3 Å². The Morgan fingerprint density at radius 1 is 1.24 bits per heavy atom. The maximum Gasteiger partial charge on any atom is 0.191 e. The summed E-state index contributed by atoms with van der Waals surface area (Å²) in [6.45, 7) is 4.18. The Labute approximate surface area is 166 Å². The fourth-order valence-corrected chi connectivity index (χ4v) is 2.42. The Morgan fingerprint density at radius 3 is 2.72 bits per heavy atom. The van der Waals surface area contributed by atoms with Gasteiger partial charge in [0.15, 0.2) is 5.96 Å². The third-order valence-corrected chi connectivity index (χ3v) is 4.07. The smallest absolute Gasteiger partial charge is 0.191 e. The summed E-state index contributed by atoms with van der Waals surface area (Å²) in [6.07, 6.45) is 4.26. The van der Waals surface area contributed by atoms with Crippen LogP contribution in [0.3, 0.4) is 0 Å². The molecule has 0 atom stereocenters. The van der Waals surface area contributed by atoms with Crippen LogP contribution in [0.2, 0.25) is 0 Å². The maximum atomic E-state index is 6.01. The van der Waals surface area contributed by atoms with Crippen molar-refractivity contribution in [2.24, 2.45) is 10.9 Å². The standard InChI is InChI=1S/C19H25N3O2.HI/c1-14-5-8-16(18(10-14)24-13-15-6-7-15)11-21-19(20-2)22-12-17-4-3-9-23-17;/h3-5,8-10,15H,6-7,11-13H2,1-2H3,(H2,20,21,22);1H. The first kappa shape index (κ1) is 19.6. The molecular weight excluding hydrogens is 429 g/mol. The van der Waals surface area contributed by atoms with Gasteiger partial charge in [-0.15, -0.1) is 24.0 Å². The number of nitrogens with zero attached hydrogens (tertiary/aromatic N) is 1. The monoisotopic (exact) mass is 455 g/mol. The number of rotatable bonds is 7. The summed E-state index contributed by atoms with van der Waals surface area (Å²) in [7, 11) is 1.76. The number of aliphatic imine (C=N–C) groups is 1. The van der Waals surface area contributed by atoms with Crippen molar-refractivity contribution in [1.29, 1.82) is 0 Å². The van der Waals surface area contributed by atoms with Crippen LogP contribution >= 0.6 is 24.0 Å². The normalized spacial score (nSPS) is 13.9. The highest BCUT2D eigenvalue weighted by Crippen LogP contribution is 2.30. The molecule has 0 saturated heterocycles. The van der Waals surface area contributed by atoms with Crippen molar-refractivity contribution in [3.8, 4) is 5.75 Å². The average Bonchev–Trinajstić information content (AvgIpc) is 3.28. The van der Waals surface area contributed by atoms with Gasteiger partial charge in [0, 0.05) is 19.2 Å². The SMILES string of the molecule is CN=C(NCc1ccco1)NCc1ccc(C)cc1OCC1CC1.I. The van der Waals surface area contributed by atoms with Crippen LogP contribution in [0.15, 0.2) is 46.0 Å². The maximum absolute atomic E-state index is 6.01. The predicted octanol–water partition coefficient (Wildman–Crippen LogP) is 3.86. The molecule has 0 amide bonds. The van der Waals surface area contributed by atoms with Gasteiger partial charge in [0.2, 0.25) is 0 Å². The third-order valence-electron chi connectivity index (χ3n) is 4.07. The Bertz CT molecular complexity index is 682. The zero-order valence-electron chi connectivity index (χ0n) is 14.7. The number of hydrogen-bond acceptors (Lipinski definition) is 3. The predicted molar refractivity (Wildman–Crippen MR) is 111 cm³/mol. The number of guanidine groups is 1. The summed E-state index contributed by atoms with van der Waals surface area (Å²) >= 11 is 0. The van der Waals surface area contributed by atoms with Gasteiger partial charge in [0.25, 0.3) is 0 Å². The van der Waals surface area contributed by atoms with Crippen molar-refractivity contribution in [2.75, 3.05) is 13.7 Å². The Morgan fingerprint density at radius 2 is 2.04 bits per heavy atom. The van der Waals surface area contributed by atoms with Crippen molar-refractivity contribution >= 4 is 29.9 Å². The van der Waals surface area contributed by atoms with E-state index in [9.17, 15) is 0 Å². The average molecular weight is 455 g/mol. The highest BCUT2D eigenvalue weighted by molar-refractivity contribution is 14.0. The van der Waals surface area contributed by atoms with Crippen LogP contribution in [-0.2, 0) is 13.1 Å². The van der Waals surface area contributed by atoms with Crippen LogP contribution in [0, 0.1) is 12.8 Å². The lowest BCUT2D eigenvalue weighted by Gasteiger charge is -2.15. The van der Waals surface area contributed by atoms with Crippen molar-refractivity contribution in [3.63, 3.8) is 0 Å². The number of halogens is 1. The van der Waals surface area contributed by atoms with Gasteiger partial charge in [-0.05, 0) is 49.4 Å². The molecule has 1 aliphatic rings. The highest BCUT2D eigenvalue weighted by atomic mass is 127. The quantitative estimate of drug-likeness (QED) is 0.378. The van der Waals surface area contributed by atoms with Gasteiger partial charge in [-0.2, -0.15) is 0 Å². The zero-order valence-corrected chi connectivity index (χ0v) is 17.1. The van der Waals surface area contributed by atoms with E-state index >= 15 is 0 Å². The molecule has 0 radical (unpaired) electrons. The van der Waals surface area contributed by atoms with E-state index in [0.717, 1.165) is 35.6 Å². The number of benzene rings is 1. The lowest BCUT2D eigenvalue weighted by atomic mass is 10.1. The summed E-state index contributed by atoms with van der Waals surface area (Å²) in [5.41, 5.74) is 2.35. The first-order chi connectivity index (χ1) is 11.7. The number of ether oxygens (including phenoxy) is 1. The minimum Gasteiger partial charge on any atom is -0.493 e. The van der Waals surface area contributed by atoms with Crippen molar-refractivity contribution < 1.29 is 9.15 Å². The molecule has 1 heterocycles. The molecule has 0 spiro atoms. The number of nitrogens with one attached hydrogen (secondary N) is 2. The molecule has 25 heavy (non-hydrogen) atoms. The molecule has 1 aromatic heterocycles. The van der Waals surface area contributed by atoms with E-state index in [-0.39, 0.29) is 24.0 Å². The van der Waals surface area contributed by atoms with Gasteiger partial charge in [-0.3, -0.25) is 4.99 Å². The highest BCUT2D eigenvalue weighted by Gasteiger charge is 2.22. The Hall–Kier alpha value is -1.70. The van der Waals surface area contributed by atoms with Crippen LogP contribution in [-0.4, -0.2) is 19.6 Å². The van der Waals surface area contributed by atoms with Gasteiger partial charge < -0.3 is 19.8 Å². The van der Waals surface area contributed by atoms with Gasteiger partial charge in [0.1, 0.15) is 11.5 Å². The van der Waals surface area contributed by atoms with Crippen molar-refractivity contribution in [3.05, 3.63) is 53.5 Å².